The van der Waals surface area contributed by atoms with E-state index in [2.05, 4.69) is 84.7 Å². The van der Waals surface area contributed by atoms with E-state index in [1.165, 1.54) is 7.05 Å². The molecular weight excluding hydrogens is 1380 g/mol. The van der Waals surface area contributed by atoms with Crippen LogP contribution in [0.25, 0.3) is 4.85 Å². The molecule has 540 valence electrons. The van der Waals surface area contributed by atoms with E-state index in [1.807, 2.05) is 11.2 Å². The number of esters is 1. The largest absolute Gasteiger partial charge is 0.456 e. The Hall–Kier alpha value is -4.88. The second kappa shape index (κ2) is 30.6. The molecule has 8 heterocycles. The number of aryl methyl sites for hydroxylation is 4. The molecule has 17 atom stereocenters. The zero-order valence-electron chi connectivity index (χ0n) is 58.5. The Morgan fingerprint density at radius 1 is 0.633 bits per heavy atom. The van der Waals surface area contributed by atoms with Crippen LogP contribution in [-0.4, -0.2) is 148 Å². The van der Waals surface area contributed by atoms with Crippen LogP contribution < -0.4 is 27.6 Å². The minimum Gasteiger partial charge on any atom is -0.456 e. The Bertz CT molecular complexity index is 4160. The monoisotopic (exact) mass is 1470 g/mol. The minimum atomic E-state index is -1.96. The van der Waals surface area contributed by atoms with Crippen molar-refractivity contribution >= 4 is 77.4 Å². The molecular formula is C66H97N10O16PS4Si. The Kier molecular flexibility index (Phi) is 24.1. The van der Waals surface area contributed by atoms with Crippen LogP contribution in [-0.2, 0) is 46.7 Å². The van der Waals surface area contributed by atoms with Crippen molar-refractivity contribution in [2.24, 2.45) is 17.8 Å². The first-order chi connectivity index (χ1) is 45.9. The third kappa shape index (κ3) is 16.6. The molecule has 4 aromatic heterocycles. The van der Waals surface area contributed by atoms with Crippen LogP contribution in [0.1, 0.15) is 179 Å². The van der Waals surface area contributed by atoms with Gasteiger partial charge in [0.1, 0.15) is 54.9 Å². The van der Waals surface area contributed by atoms with Gasteiger partial charge in [-0.05, 0) is 164 Å². The molecule has 4 aliphatic heterocycles. The van der Waals surface area contributed by atoms with Crippen molar-refractivity contribution < 1.29 is 57.0 Å². The molecule has 26 nitrogen and oxygen atoms in total. The van der Waals surface area contributed by atoms with Gasteiger partial charge in [0.25, 0.3) is 22.2 Å². The number of rotatable bonds is 15. The van der Waals surface area contributed by atoms with Crippen molar-refractivity contribution in [3.63, 3.8) is 0 Å². The average molecular weight is 1470 g/mol. The van der Waals surface area contributed by atoms with E-state index in [0.29, 0.717) is 100 Å². The number of fused-ring (bicyclic) bond motifs is 4. The van der Waals surface area contributed by atoms with E-state index in [9.17, 15) is 39.0 Å². The van der Waals surface area contributed by atoms with Crippen molar-refractivity contribution in [2.75, 3.05) is 26.9 Å². The molecule has 0 aromatic carbocycles. The summed E-state index contributed by atoms with van der Waals surface area (Å²) in [6.45, 7) is 33.8. The first kappa shape index (κ1) is 77.3. The second-order valence-electron chi connectivity index (χ2n) is 29.5. The number of carbonyl (C=O) groups excluding carboxylic acids is 2. The van der Waals surface area contributed by atoms with Gasteiger partial charge >= 0.3 is 5.97 Å². The first-order valence-electron chi connectivity index (χ1n) is 33.7. The van der Waals surface area contributed by atoms with Gasteiger partial charge in [-0.3, -0.25) is 67.0 Å². The summed E-state index contributed by atoms with van der Waals surface area (Å²) in [5.41, 5.74) is -1.24. The fourth-order valence-corrected chi connectivity index (χ4v) is 18.3. The summed E-state index contributed by atoms with van der Waals surface area (Å²) in [5.74, 6) is 0.372. The van der Waals surface area contributed by atoms with Crippen LogP contribution in [0.4, 0.5) is 0 Å². The quantitative estimate of drug-likeness (QED) is 0.0145. The van der Waals surface area contributed by atoms with Gasteiger partial charge in [0.2, 0.25) is 12.5 Å². The number of nitrogens with one attached hydrogen (secondary N) is 5. The normalized spacial score (nSPS) is 32.2. The van der Waals surface area contributed by atoms with Crippen LogP contribution in [0.2, 0.25) is 18.1 Å². The minimum absolute atomic E-state index is 0.0314. The third-order valence-electron chi connectivity index (χ3n) is 21.3. The Labute approximate surface area is 593 Å². The summed E-state index contributed by atoms with van der Waals surface area (Å²) >= 11 is 21.1. The maximum absolute atomic E-state index is 12.3. The third-order valence-corrected chi connectivity index (χ3v) is 28.2. The fourth-order valence-electron chi connectivity index (χ4n) is 14.8. The Morgan fingerprint density at radius 3 is 1.45 bits per heavy atom. The summed E-state index contributed by atoms with van der Waals surface area (Å²) in [7, 11) is -1.51. The average Bonchev–Trinajstić information content (AvgIpc) is 1.61. The number of ether oxygens (including phenoxy) is 5. The summed E-state index contributed by atoms with van der Waals surface area (Å²) in [6, 6.07) is 0. The van der Waals surface area contributed by atoms with Crippen molar-refractivity contribution in [1.82, 2.24) is 43.5 Å². The first-order valence-corrected chi connectivity index (χ1v) is 39.9. The maximum atomic E-state index is 12.3. The van der Waals surface area contributed by atoms with Gasteiger partial charge in [-0.15, -0.1) is 0 Å². The van der Waals surface area contributed by atoms with Gasteiger partial charge in [-0.2, -0.15) is 0 Å². The van der Waals surface area contributed by atoms with Crippen LogP contribution in [0.5, 0.6) is 0 Å². The fraction of sp³-hybridized carbons (Fsp3) is 0.712. The molecule has 1 amide bonds. The number of H-pyrrole nitrogens is 4. The molecule has 8 aliphatic rings. The standard InChI is InChI=1S/C18H25N3O5S.C18H30N2O4SSi.C17H24N3O4PS.C13H18N2O3S/c1-10-6-7-18(26-14(23)5-4-12(22)19-3)8-13(25-15(10)18)21-9-11(2)16(24)20-17(21)27;1-11-10-20(16(25)19-15(11)21)13-9-18(22)8-7-12(14(18)23-13)24-26(5,6)17(2,3)4;1-11-5-6-17(24-25(4)22-8-7-18-3)9-13(23-14(11)17)20-10-12(2)15(21)19-16(20)26;1-7-3-4-13(17)5-9(18-10(7)13)15-6-8(2)11(16)14-12(15)19/h9-10,13,15H,4-8H2,1-3H3,(H,19,22)(H,20,24,27);10,12-14,22H,7-9H2,1-6H3,(H,19,21,25);10-11,13-14H,5-9H2,1-2,4H3,(H,19,21,26);6-7,9-10,17H,3-5H2,1-2H3,(H,14,16,19)/t10-,13-,15-,18+;12-,13-,14-,18+;11-,13-,14-,17+,25?;7-,9-,10-,13+/m1111/s1. The number of carbonyl (C=O) groups is 2. The number of hydrogen-bond acceptors (Lipinski definition) is 20. The van der Waals surface area contributed by atoms with Crippen molar-refractivity contribution in [1.29, 1.82) is 0 Å². The molecule has 0 spiro atoms. The highest BCUT2D eigenvalue weighted by Crippen LogP contribution is 2.57. The lowest BCUT2D eigenvalue weighted by Crippen LogP contribution is -2.48. The smallest absolute Gasteiger partial charge is 0.306 e. The number of nitrogens with zero attached hydrogens (tertiary/aromatic N) is 5. The topological polar surface area (TPSA) is 316 Å². The van der Waals surface area contributed by atoms with E-state index in [-0.39, 0.29) is 106 Å². The molecule has 12 rings (SSSR count). The molecule has 1 unspecified atom stereocenters. The highest BCUT2D eigenvalue weighted by atomic mass is 32.1. The van der Waals surface area contributed by atoms with Gasteiger partial charge in [0.05, 0.1) is 35.9 Å². The number of aliphatic hydroxyl groups is 2. The molecule has 0 radical (unpaired) electrons. The van der Waals surface area contributed by atoms with Crippen LogP contribution in [0.3, 0.4) is 0 Å². The second-order valence-corrected chi connectivity index (χ2v) is 37.1. The van der Waals surface area contributed by atoms with Gasteiger partial charge < -0.3 is 57.5 Å². The number of aromatic amines is 4. The molecule has 4 saturated heterocycles. The number of hydrogen-bond donors (Lipinski definition) is 7. The van der Waals surface area contributed by atoms with Crippen molar-refractivity contribution in [2.45, 2.75) is 255 Å². The molecule has 7 N–H and O–H groups in total. The van der Waals surface area contributed by atoms with Crippen LogP contribution in [0, 0.1) is 71.1 Å². The van der Waals surface area contributed by atoms with Gasteiger partial charge in [0.15, 0.2) is 35.8 Å². The molecule has 98 heavy (non-hydrogen) atoms. The lowest BCUT2D eigenvalue weighted by molar-refractivity contribution is -0.165. The summed E-state index contributed by atoms with van der Waals surface area (Å²) in [6.07, 6.45) is 13.6. The van der Waals surface area contributed by atoms with Crippen molar-refractivity contribution in [3.8, 4) is 0 Å². The zero-order valence-corrected chi connectivity index (χ0v) is 63.6. The molecule has 8 fully saturated rings. The number of amides is 1. The molecule has 32 heteroatoms. The zero-order chi connectivity index (χ0) is 71.9. The Balaban J connectivity index is 0.000000154. The van der Waals surface area contributed by atoms with E-state index >= 15 is 0 Å². The SMILES string of the molecule is CNC(=O)CCC(=O)O[C@]12CC[C@@H](C)[C@H]1O[C@@H](n1cc(C)c(=O)[nH]c1=S)C2.Cc1cn([C@H]2C[C@@]3(O)CC[C@@H](C)[C@H]3O2)c(=S)[nH]c1=O.Cc1cn([C@H]2C[C@@]3(O)CC[C@@H](O[Si](C)(C)C(C)(C)C)[C@H]3O2)c(=S)[nH]c1=O.[C-]#[N+]CCOP(C)O[C@]12CC[C@@H](C)[C@H]1O[C@@H](n1cc(C)c(=O)[nH]c1=S)C2. The summed E-state index contributed by atoms with van der Waals surface area (Å²) < 4.78 is 57.6. The van der Waals surface area contributed by atoms with Crippen LogP contribution in [0.15, 0.2) is 44.0 Å². The molecule has 4 aromatic rings. The Morgan fingerprint density at radius 2 is 1.01 bits per heavy atom. The lowest BCUT2D eigenvalue weighted by atomic mass is 9.95. The van der Waals surface area contributed by atoms with Gasteiger partial charge in [-0.25, -0.2) is 6.57 Å². The number of aromatic nitrogens is 8. The van der Waals surface area contributed by atoms with Gasteiger partial charge in [0, 0.05) is 92.9 Å². The predicted octanol–water partition coefficient (Wildman–Crippen LogP) is 10.4. The summed E-state index contributed by atoms with van der Waals surface area (Å²) in [5, 5.41) is 24.3. The van der Waals surface area contributed by atoms with E-state index in [4.69, 9.17) is 92.6 Å². The van der Waals surface area contributed by atoms with Crippen LogP contribution >= 0.6 is 57.2 Å². The predicted molar refractivity (Wildman–Crippen MR) is 379 cm³/mol. The highest BCUT2D eigenvalue weighted by molar-refractivity contribution is 7.71. The van der Waals surface area contributed by atoms with E-state index in [1.54, 1.807) is 66.2 Å². The lowest BCUT2D eigenvalue weighted by Gasteiger charge is -2.40. The molecule has 0 bridgehead atoms. The highest BCUT2D eigenvalue weighted by Gasteiger charge is 2.61. The van der Waals surface area contributed by atoms with E-state index < -0.39 is 51.3 Å². The maximum Gasteiger partial charge on any atom is 0.306 e. The molecule has 4 aliphatic carbocycles. The van der Waals surface area contributed by atoms with Gasteiger partial charge in [-0.1, -0.05) is 41.5 Å². The molecule has 4 saturated carbocycles. The van der Waals surface area contributed by atoms with E-state index in [0.717, 1.165) is 38.5 Å². The summed E-state index contributed by atoms with van der Waals surface area (Å²) in [4.78, 5) is 84.4. The van der Waals surface area contributed by atoms with Crippen molar-refractivity contribution in [3.05, 3.63) is 119 Å².